The number of aromatic nitrogens is 2. The van der Waals surface area contributed by atoms with Crippen LogP contribution in [-0.2, 0) is 6.54 Å². The van der Waals surface area contributed by atoms with Gasteiger partial charge in [0.2, 0.25) is 0 Å². The van der Waals surface area contributed by atoms with Crippen molar-refractivity contribution in [3.05, 3.63) is 10.8 Å². The molecule has 2 heterocycles. The standard InChI is InChI=1S/C6H5ClN2OS/c7-5-4(3-10)9-1-2-11-6(9)8-5/h3H,1-2H2. The molecular formula is C6H5ClN2OS. The lowest BCUT2D eigenvalue weighted by Crippen LogP contribution is -1.98. The summed E-state index contributed by atoms with van der Waals surface area (Å²) in [4.78, 5) is 14.5. The van der Waals surface area contributed by atoms with Gasteiger partial charge in [-0.3, -0.25) is 4.79 Å². The lowest BCUT2D eigenvalue weighted by Gasteiger charge is -1.94. The van der Waals surface area contributed by atoms with Crippen LogP contribution in [0.4, 0.5) is 0 Å². The van der Waals surface area contributed by atoms with E-state index in [2.05, 4.69) is 4.98 Å². The summed E-state index contributed by atoms with van der Waals surface area (Å²) in [6.45, 7) is 0.841. The van der Waals surface area contributed by atoms with E-state index >= 15 is 0 Å². The number of halogens is 1. The van der Waals surface area contributed by atoms with Crippen molar-refractivity contribution in [3.8, 4) is 0 Å². The van der Waals surface area contributed by atoms with Gasteiger partial charge in [0, 0.05) is 12.3 Å². The summed E-state index contributed by atoms with van der Waals surface area (Å²) in [5.74, 6) is 0.986. The summed E-state index contributed by atoms with van der Waals surface area (Å²) >= 11 is 7.31. The molecule has 0 saturated carbocycles. The highest BCUT2D eigenvalue weighted by Crippen LogP contribution is 2.29. The van der Waals surface area contributed by atoms with Gasteiger partial charge in [-0.2, -0.15) is 0 Å². The van der Waals surface area contributed by atoms with Crippen LogP contribution in [0, 0.1) is 0 Å². The fourth-order valence-corrected chi connectivity index (χ4v) is 2.32. The third-order valence-electron chi connectivity index (χ3n) is 1.58. The summed E-state index contributed by atoms with van der Waals surface area (Å²) in [5, 5.41) is 1.18. The second-order valence-corrected chi connectivity index (χ2v) is 3.61. The van der Waals surface area contributed by atoms with Crippen LogP contribution >= 0.6 is 23.4 Å². The Kier molecular flexibility index (Phi) is 1.65. The highest BCUT2D eigenvalue weighted by molar-refractivity contribution is 7.99. The first kappa shape index (κ1) is 7.18. The highest BCUT2D eigenvalue weighted by atomic mass is 35.5. The molecule has 0 unspecified atom stereocenters. The smallest absolute Gasteiger partial charge is 0.170 e. The molecule has 0 bridgehead atoms. The number of rotatable bonds is 1. The first-order valence-electron chi connectivity index (χ1n) is 3.17. The highest BCUT2D eigenvalue weighted by Gasteiger charge is 2.19. The zero-order valence-corrected chi connectivity index (χ0v) is 7.15. The van der Waals surface area contributed by atoms with Gasteiger partial charge >= 0.3 is 0 Å². The van der Waals surface area contributed by atoms with Gasteiger partial charge in [0.15, 0.2) is 16.6 Å². The van der Waals surface area contributed by atoms with Crippen LogP contribution in [0.15, 0.2) is 5.16 Å². The van der Waals surface area contributed by atoms with E-state index in [1.165, 1.54) is 0 Å². The van der Waals surface area contributed by atoms with E-state index in [1.807, 2.05) is 4.57 Å². The minimum absolute atomic E-state index is 0.321. The molecule has 3 nitrogen and oxygen atoms in total. The molecule has 5 heteroatoms. The molecule has 0 amide bonds. The molecule has 1 aliphatic rings. The van der Waals surface area contributed by atoms with Crippen LogP contribution in [0.25, 0.3) is 0 Å². The van der Waals surface area contributed by atoms with Crippen molar-refractivity contribution in [3.63, 3.8) is 0 Å². The predicted molar refractivity (Wildman–Crippen MR) is 43.3 cm³/mol. The van der Waals surface area contributed by atoms with Crippen molar-refractivity contribution in [2.75, 3.05) is 5.75 Å². The number of aldehydes is 1. The van der Waals surface area contributed by atoms with Gasteiger partial charge in [0.25, 0.3) is 0 Å². The second kappa shape index (κ2) is 2.53. The number of thioether (sulfide) groups is 1. The monoisotopic (exact) mass is 188 g/mol. The molecular weight excluding hydrogens is 184 g/mol. The molecule has 0 radical (unpaired) electrons. The van der Waals surface area contributed by atoms with Crippen molar-refractivity contribution < 1.29 is 4.79 Å². The first-order valence-corrected chi connectivity index (χ1v) is 4.53. The number of fused-ring (bicyclic) bond motifs is 1. The largest absolute Gasteiger partial charge is 0.315 e. The van der Waals surface area contributed by atoms with Gasteiger partial charge in [-0.05, 0) is 0 Å². The summed E-state index contributed by atoms with van der Waals surface area (Å²) in [6, 6.07) is 0. The lowest BCUT2D eigenvalue weighted by molar-refractivity contribution is 0.111. The van der Waals surface area contributed by atoms with E-state index in [0.717, 1.165) is 23.7 Å². The van der Waals surface area contributed by atoms with E-state index in [1.54, 1.807) is 11.8 Å². The molecule has 58 valence electrons. The van der Waals surface area contributed by atoms with Crippen molar-refractivity contribution in [1.82, 2.24) is 9.55 Å². The van der Waals surface area contributed by atoms with Crippen LogP contribution in [0.2, 0.25) is 5.15 Å². The third-order valence-corrected chi connectivity index (χ3v) is 2.82. The molecule has 0 saturated heterocycles. The molecule has 1 aromatic heterocycles. The number of imidazole rings is 1. The minimum atomic E-state index is 0.321. The molecule has 11 heavy (non-hydrogen) atoms. The molecule has 0 aliphatic carbocycles. The Morgan fingerprint density at radius 1 is 1.73 bits per heavy atom. The average molecular weight is 189 g/mol. The number of hydrogen-bond donors (Lipinski definition) is 0. The van der Waals surface area contributed by atoms with E-state index in [9.17, 15) is 4.79 Å². The number of carbonyl (C=O) groups excluding carboxylic acids is 1. The Bertz CT molecular complexity index is 310. The van der Waals surface area contributed by atoms with E-state index in [-0.39, 0.29) is 0 Å². The summed E-state index contributed by atoms with van der Waals surface area (Å²) < 4.78 is 1.85. The number of nitrogens with zero attached hydrogens (tertiary/aromatic N) is 2. The Hall–Kier alpha value is -0.480. The maximum absolute atomic E-state index is 10.5. The van der Waals surface area contributed by atoms with Crippen molar-refractivity contribution in [2.45, 2.75) is 11.7 Å². The lowest BCUT2D eigenvalue weighted by atomic mass is 10.5. The molecule has 0 N–H and O–H groups in total. The Morgan fingerprint density at radius 3 is 3.27 bits per heavy atom. The van der Waals surface area contributed by atoms with E-state index < -0.39 is 0 Å². The zero-order valence-electron chi connectivity index (χ0n) is 5.58. The van der Waals surface area contributed by atoms with Gasteiger partial charge < -0.3 is 4.57 Å². The summed E-state index contributed by atoms with van der Waals surface area (Å²) in [5.41, 5.74) is 0.506. The van der Waals surface area contributed by atoms with Gasteiger partial charge in [-0.25, -0.2) is 4.98 Å². The van der Waals surface area contributed by atoms with Crippen molar-refractivity contribution in [1.29, 1.82) is 0 Å². The van der Waals surface area contributed by atoms with Gasteiger partial charge in [-0.1, -0.05) is 23.4 Å². The van der Waals surface area contributed by atoms with E-state index in [4.69, 9.17) is 11.6 Å². The van der Waals surface area contributed by atoms with Crippen LogP contribution in [0.1, 0.15) is 10.5 Å². The molecule has 1 aliphatic heterocycles. The van der Waals surface area contributed by atoms with Gasteiger partial charge in [-0.15, -0.1) is 0 Å². The Labute approximate surface area is 72.7 Å². The van der Waals surface area contributed by atoms with Crippen molar-refractivity contribution >= 4 is 29.6 Å². The quantitative estimate of drug-likeness (QED) is 0.626. The maximum atomic E-state index is 10.5. The van der Waals surface area contributed by atoms with Crippen LogP contribution < -0.4 is 0 Å². The topological polar surface area (TPSA) is 34.9 Å². The second-order valence-electron chi connectivity index (χ2n) is 2.19. The molecule has 0 spiro atoms. The van der Waals surface area contributed by atoms with Crippen LogP contribution in [0.3, 0.4) is 0 Å². The van der Waals surface area contributed by atoms with Gasteiger partial charge in [0.05, 0.1) is 0 Å². The number of carbonyl (C=O) groups is 1. The third kappa shape index (κ3) is 0.973. The summed E-state index contributed by atoms with van der Waals surface area (Å²) in [6.07, 6.45) is 0.755. The van der Waals surface area contributed by atoms with Crippen LogP contribution in [-0.4, -0.2) is 21.6 Å². The summed E-state index contributed by atoms with van der Waals surface area (Å²) in [7, 11) is 0. The number of hydrogen-bond acceptors (Lipinski definition) is 3. The fraction of sp³-hybridized carbons (Fsp3) is 0.333. The predicted octanol–water partition coefficient (Wildman–Crippen LogP) is 1.45. The molecule has 1 aromatic rings. The zero-order chi connectivity index (χ0) is 7.84. The SMILES string of the molecule is O=Cc1c(Cl)nc2n1CCS2. The molecule has 0 atom stereocenters. The van der Waals surface area contributed by atoms with Crippen molar-refractivity contribution in [2.24, 2.45) is 0 Å². The molecule has 0 aromatic carbocycles. The fourth-order valence-electron chi connectivity index (χ4n) is 1.08. The van der Waals surface area contributed by atoms with E-state index in [0.29, 0.717) is 10.8 Å². The van der Waals surface area contributed by atoms with Gasteiger partial charge in [0.1, 0.15) is 5.69 Å². The first-order chi connectivity index (χ1) is 5.33. The van der Waals surface area contributed by atoms with Crippen LogP contribution in [0.5, 0.6) is 0 Å². The Balaban J connectivity index is 2.60. The molecule has 0 fully saturated rings. The Morgan fingerprint density at radius 2 is 2.55 bits per heavy atom. The maximum Gasteiger partial charge on any atom is 0.170 e. The minimum Gasteiger partial charge on any atom is -0.315 e. The normalized spacial score (nSPS) is 15.0. The molecule has 2 rings (SSSR count). The average Bonchev–Trinajstić information content (AvgIpc) is 2.46.